The lowest BCUT2D eigenvalue weighted by atomic mass is 9.85. The van der Waals surface area contributed by atoms with E-state index in [0.29, 0.717) is 0 Å². The van der Waals surface area contributed by atoms with Crippen molar-refractivity contribution in [1.82, 2.24) is 5.32 Å². The van der Waals surface area contributed by atoms with E-state index in [4.69, 9.17) is 0 Å². The topological polar surface area (TPSA) is 21.3 Å². The van der Waals surface area contributed by atoms with Gasteiger partial charge in [-0.15, -0.1) is 0 Å². The monoisotopic (exact) mass is 255 g/mol. The fourth-order valence-electron chi connectivity index (χ4n) is 2.19. The zero-order valence-corrected chi connectivity index (χ0v) is 10.5. The van der Waals surface area contributed by atoms with Gasteiger partial charge in [0.1, 0.15) is 5.75 Å². The maximum Gasteiger partial charge on any atom is 0.387 e. The lowest BCUT2D eigenvalue weighted by Crippen LogP contribution is -2.29. The first-order valence-corrected chi connectivity index (χ1v) is 6.44. The molecule has 0 spiro atoms. The number of hydrogen-bond acceptors (Lipinski definition) is 2. The van der Waals surface area contributed by atoms with Crippen LogP contribution in [0.2, 0.25) is 0 Å². The third-order valence-corrected chi connectivity index (χ3v) is 3.54. The summed E-state index contributed by atoms with van der Waals surface area (Å²) in [6.45, 7) is 0.154. The Hall–Kier alpha value is -1.16. The Kier molecular flexibility index (Phi) is 4.53. The summed E-state index contributed by atoms with van der Waals surface area (Å²) in [5.41, 5.74) is 0.789. The van der Waals surface area contributed by atoms with Crippen LogP contribution < -0.4 is 10.1 Å². The van der Waals surface area contributed by atoms with Crippen molar-refractivity contribution in [1.29, 1.82) is 0 Å². The van der Waals surface area contributed by atoms with Crippen LogP contribution >= 0.6 is 0 Å². The molecular formula is C14H19F2NO. The second-order valence-corrected chi connectivity index (χ2v) is 4.84. The van der Waals surface area contributed by atoms with Crippen molar-refractivity contribution in [2.45, 2.75) is 38.8 Å². The first-order chi connectivity index (χ1) is 8.66. The van der Waals surface area contributed by atoms with Crippen LogP contribution in [0.25, 0.3) is 0 Å². The second kappa shape index (κ2) is 6.14. The van der Waals surface area contributed by atoms with E-state index in [9.17, 15) is 8.78 Å². The van der Waals surface area contributed by atoms with Gasteiger partial charge in [-0.3, -0.25) is 0 Å². The van der Waals surface area contributed by atoms with Crippen LogP contribution in [0.4, 0.5) is 8.78 Å². The molecule has 1 N–H and O–H groups in total. The smallest absolute Gasteiger partial charge is 0.387 e. The Morgan fingerprint density at radius 2 is 2.06 bits per heavy atom. The summed E-state index contributed by atoms with van der Waals surface area (Å²) in [5, 5.41) is 3.39. The third-order valence-electron chi connectivity index (χ3n) is 3.54. The summed E-state index contributed by atoms with van der Waals surface area (Å²) in [5.74, 6) is 1.01. The van der Waals surface area contributed by atoms with E-state index < -0.39 is 6.61 Å². The highest BCUT2D eigenvalue weighted by Gasteiger charge is 2.19. The molecular weight excluding hydrogens is 236 g/mol. The molecule has 0 bridgehead atoms. The maximum atomic E-state index is 12.3. The Labute approximate surface area is 106 Å². The van der Waals surface area contributed by atoms with Gasteiger partial charge >= 0.3 is 6.61 Å². The van der Waals surface area contributed by atoms with Gasteiger partial charge in [-0.05, 0) is 38.3 Å². The average molecular weight is 255 g/mol. The van der Waals surface area contributed by atoms with Crippen molar-refractivity contribution >= 4 is 0 Å². The quantitative estimate of drug-likeness (QED) is 0.836. The van der Waals surface area contributed by atoms with Crippen molar-refractivity contribution in [3.8, 4) is 5.75 Å². The predicted octanol–water partition coefficient (Wildman–Crippen LogP) is 3.74. The minimum Gasteiger partial charge on any atom is -0.434 e. The molecule has 1 atom stereocenters. The van der Waals surface area contributed by atoms with E-state index in [1.54, 1.807) is 12.1 Å². The van der Waals surface area contributed by atoms with E-state index in [1.807, 2.05) is 19.1 Å². The number of rotatable bonds is 6. The molecule has 100 valence electrons. The van der Waals surface area contributed by atoms with Crippen LogP contribution in [0.15, 0.2) is 24.3 Å². The van der Waals surface area contributed by atoms with E-state index in [1.165, 1.54) is 19.3 Å². The zero-order valence-electron chi connectivity index (χ0n) is 10.5. The van der Waals surface area contributed by atoms with E-state index in [-0.39, 0.29) is 11.8 Å². The van der Waals surface area contributed by atoms with Gasteiger partial charge in [-0.25, -0.2) is 0 Å². The standard InChI is InChI=1S/C14H19F2NO/c1-10(17-9-11-5-4-6-11)12-7-2-3-8-13(12)18-14(15)16/h2-3,7-8,10-11,14,17H,4-6,9H2,1H3. The number of halogens is 2. The van der Waals surface area contributed by atoms with Crippen LogP contribution in [-0.4, -0.2) is 13.2 Å². The molecule has 0 aromatic heterocycles. The number of ether oxygens (including phenoxy) is 1. The zero-order chi connectivity index (χ0) is 13.0. The van der Waals surface area contributed by atoms with Gasteiger partial charge < -0.3 is 10.1 Å². The molecule has 1 aromatic carbocycles. The van der Waals surface area contributed by atoms with Crippen molar-refractivity contribution in [3.05, 3.63) is 29.8 Å². The molecule has 2 rings (SSSR count). The predicted molar refractivity (Wildman–Crippen MR) is 66.8 cm³/mol. The SMILES string of the molecule is CC(NCC1CCC1)c1ccccc1OC(F)F. The fourth-order valence-corrected chi connectivity index (χ4v) is 2.19. The Bertz CT molecular complexity index is 380. The van der Waals surface area contributed by atoms with Crippen LogP contribution in [0, 0.1) is 5.92 Å². The van der Waals surface area contributed by atoms with Gasteiger partial charge in [0.2, 0.25) is 0 Å². The first kappa shape index (κ1) is 13.3. The van der Waals surface area contributed by atoms with E-state index in [0.717, 1.165) is 18.0 Å². The van der Waals surface area contributed by atoms with E-state index >= 15 is 0 Å². The second-order valence-electron chi connectivity index (χ2n) is 4.84. The Morgan fingerprint density at radius 1 is 1.33 bits per heavy atom. The van der Waals surface area contributed by atoms with Crippen LogP contribution in [-0.2, 0) is 0 Å². The largest absolute Gasteiger partial charge is 0.434 e. The molecule has 18 heavy (non-hydrogen) atoms. The number of benzene rings is 1. The lowest BCUT2D eigenvalue weighted by molar-refractivity contribution is -0.0506. The van der Waals surface area contributed by atoms with Crippen LogP contribution in [0.5, 0.6) is 5.75 Å². The van der Waals surface area contributed by atoms with E-state index in [2.05, 4.69) is 10.1 Å². The number of alkyl halides is 2. The Morgan fingerprint density at radius 3 is 2.67 bits per heavy atom. The molecule has 2 nitrogen and oxygen atoms in total. The summed E-state index contributed by atoms with van der Waals surface area (Å²) in [7, 11) is 0. The van der Waals surface area contributed by atoms with Crippen LogP contribution in [0.1, 0.15) is 37.8 Å². The first-order valence-electron chi connectivity index (χ1n) is 6.44. The molecule has 1 aliphatic carbocycles. The van der Waals surface area contributed by atoms with Gasteiger partial charge in [0, 0.05) is 11.6 Å². The summed E-state index contributed by atoms with van der Waals surface area (Å²) < 4.78 is 29.1. The summed E-state index contributed by atoms with van der Waals surface area (Å²) >= 11 is 0. The molecule has 1 aromatic rings. The highest BCUT2D eigenvalue weighted by molar-refractivity contribution is 5.35. The van der Waals surface area contributed by atoms with Gasteiger partial charge in [0.25, 0.3) is 0 Å². The molecule has 4 heteroatoms. The van der Waals surface area contributed by atoms with Crippen molar-refractivity contribution in [2.75, 3.05) is 6.54 Å². The molecule has 0 amide bonds. The van der Waals surface area contributed by atoms with Gasteiger partial charge in [-0.2, -0.15) is 8.78 Å². The normalized spacial score (nSPS) is 17.6. The molecule has 1 unspecified atom stereocenters. The molecule has 0 aliphatic heterocycles. The van der Waals surface area contributed by atoms with Crippen LogP contribution in [0.3, 0.4) is 0 Å². The average Bonchev–Trinajstić information content (AvgIpc) is 2.26. The van der Waals surface area contributed by atoms with Crippen molar-refractivity contribution < 1.29 is 13.5 Å². The molecule has 0 heterocycles. The summed E-state index contributed by atoms with van der Waals surface area (Å²) in [6.07, 6.45) is 3.86. The van der Waals surface area contributed by atoms with Gasteiger partial charge in [0.05, 0.1) is 0 Å². The maximum absolute atomic E-state index is 12.3. The highest BCUT2D eigenvalue weighted by Crippen LogP contribution is 2.29. The number of para-hydroxylation sites is 1. The van der Waals surface area contributed by atoms with Gasteiger partial charge in [-0.1, -0.05) is 24.6 Å². The summed E-state index contributed by atoms with van der Waals surface area (Å²) in [4.78, 5) is 0. The number of hydrogen-bond donors (Lipinski definition) is 1. The third kappa shape index (κ3) is 3.42. The molecule has 1 fully saturated rings. The molecule has 1 aliphatic rings. The Balaban J connectivity index is 1.96. The van der Waals surface area contributed by atoms with Crippen molar-refractivity contribution in [3.63, 3.8) is 0 Å². The minimum absolute atomic E-state index is 0.0283. The van der Waals surface area contributed by atoms with Crippen molar-refractivity contribution in [2.24, 2.45) is 5.92 Å². The lowest BCUT2D eigenvalue weighted by Gasteiger charge is -2.27. The fraction of sp³-hybridized carbons (Fsp3) is 0.571. The molecule has 0 radical (unpaired) electrons. The summed E-state index contributed by atoms with van der Waals surface area (Å²) in [6, 6.07) is 6.99. The molecule has 0 saturated heterocycles. The highest BCUT2D eigenvalue weighted by atomic mass is 19.3. The molecule has 1 saturated carbocycles. The minimum atomic E-state index is -2.77. The number of nitrogens with one attached hydrogen (secondary N) is 1. The van der Waals surface area contributed by atoms with Gasteiger partial charge in [0.15, 0.2) is 0 Å².